The van der Waals surface area contributed by atoms with Crippen LogP contribution in [-0.2, 0) is 17.7 Å². The summed E-state index contributed by atoms with van der Waals surface area (Å²) in [6, 6.07) is 18.1. The SMILES string of the molecule is CC1CC(Nc2ccc3c(c2)CCCN3C(=O)OC(C)(C)C)CN1Cc1ccccc1. The van der Waals surface area contributed by atoms with Gasteiger partial charge in [0.2, 0.25) is 0 Å². The lowest BCUT2D eigenvalue weighted by atomic mass is 10.0. The molecule has 5 nitrogen and oxygen atoms in total. The Balaban J connectivity index is 1.41. The summed E-state index contributed by atoms with van der Waals surface area (Å²) in [5.41, 5.74) is 4.22. The van der Waals surface area contributed by atoms with Crippen molar-refractivity contribution in [2.45, 2.75) is 71.2 Å². The number of likely N-dealkylation sites (tertiary alicyclic amines) is 1. The van der Waals surface area contributed by atoms with Gasteiger partial charge in [0.25, 0.3) is 0 Å². The highest BCUT2D eigenvalue weighted by atomic mass is 16.6. The maximum Gasteiger partial charge on any atom is 0.414 e. The van der Waals surface area contributed by atoms with Gasteiger partial charge in [0.05, 0.1) is 5.69 Å². The van der Waals surface area contributed by atoms with Crippen LogP contribution < -0.4 is 10.2 Å². The van der Waals surface area contributed by atoms with Crippen LogP contribution in [0.15, 0.2) is 48.5 Å². The maximum atomic E-state index is 12.6. The predicted octanol–water partition coefficient (Wildman–Crippen LogP) is 5.45. The summed E-state index contributed by atoms with van der Waals surface area (Å²) in [5.74, 6) is 0. The Bertz CT molecular complexity index is 907. The molecule has 1 amide bonds. The zero-order valence-electron chi connectivity index (χ0n) is 19.2. The molecule has 5 heteroatoms. The van der Waals surface area contributed by atoms with Crippen LogP contribution in [0.4, 0.5) is 16.2 Å². The number of benzene rings is 2. The van der Waals surface area contributed by atoms with Crippen molar-refractivity contribution in [3.8, 4) is 0 Å². The highest BCUT2D eigenvalue weighted by Crippen LogP contribution is 2.32. The molecule has 0 aliphatic carbocycles. The van der Waals surface area contributed by atoms with Gasteiger partial charge in [0.15, 0.2) is 0 Å². The fourth-order valence-electron chi connectivity index (χ4n) is 4.67. The third-order valence-electron chi connectivity index (χ3n) is 6.12. The second kappa shape index (κ2) is 8.91. The molecule has 2 aliphatic heterocycles. The number of aryl methyl sites for hydroxylation is 1. The van der Waals surface area contributed by atoms with E-state index in [1.54, 1.807) is 4.90 Å². The number of carbonyl (C=O) groups excluding carboxylic acids is 1. The van der Waals surface area contributed by atoms with Gasteiger partial charge >= 0.3 is 6.09 Å². The minimum atomic E-state index is -0.485. The molecule has 0 saturated carbocycles. The highest BCUT2D eigenvalue weighted by molar-refractivity contribution is 5.90. The minimum absolute atomic E-state index is 0.254. The van der Waals surface area contributed by atoms with Crippen molar-refractivity contribution in [2.24, 2.45) is 0 Å². The predicted molar refractivity (Wildman–Crippen MR) is 127 cm³/mol. The molecule has 2 aromatic carbocycles. The second-order valence-corrected chi connectivity index (χ2v) is 9.92. The van der Waals surface area contributed by atoms with Crippen LogP contribution in [0.25, 0.3) is 0 Å². The number of fused-ring (bicyclic) bond motifs is 1. The Labute approximate surface area is 186 Å². The molecule has 1 saturated heterocycles. The molecule has 2 aromatic rings. The molecule has 166 valence electrons. The first kappa shape index (κ1) is 21.7. The van der Waals surface area contributed by atoms with Crippen molar-refractivity contribution in [3.05, 3.63) is 59.7 Å². The van der Waals surface area contributed by atoms with Gasteiger partial charge < -0.3 is 10.1 Å². The lowest BCUT2D eigenvalue weighted by molar-refractivity contribution is 0.0578. The minimum Gasteiger partial charge on any atom is -0.443 e. The lowest BCUT2D eigenvalue weighted by Gasteiger charge is -2.32. The van der Waals surface area contributed by atoms with Gasteiger partial charge in [0, 0.05) is 37.4 Å². The summed E-state index contributed by atoms with van der Waals surface area (Å²) in [4.78, 5) is 17.0. The zero-order chi connectivity index (χ0) is 22.0. The molecule has 2 atom stereocenters. The molecule has 31 heavy (non-hydrogen) atoms. The van der Waals surface area contributed by atoms with Crippen molar-refractivity contribution >= 4 is 17.5 Å². The van der Waals surface area contributed by atoms with E-state index < -0.39 is 5.60 Å². The van der Waals surface area contributed by atoms with E-state index in [9.17, 15) is 4.79 Å². The first-order chi connectivity index (χ1) is 14.8. The quantitative estimate of drug-likeness (QED) is 0.713. The number of hydrogen-bond acceptors (Lipinski definition) is 4. The van der Waals surface area contributed by atoms with Crippen molar-refractivity contribution < 1.29 is 9.53 Å². The van der Waals surface area contributed by atoms with E-state index in [1.165, 1.54) is 11.1 Å². The van der Waals surface area contributed by atoms with Crippen LogP contribution in [0, 0.1) is 0 Å². The van der Waals surface area contributed by atoms with Crippen molar-refractivity contribution in [1.29, 1.82) is 0 Å². The normalized spacial score (nSPS) is 21.6. The first-order valence-electron chi connectivity index (χ1n) is 11.5. The molecule has 0 aromatic heterocycles. The van der Waals surface area contributed by atoms with Crippen LogP contribution in [0.3, 0.4) is 0 Å². The Hall–Kier alpha value is -2.53. The Morgan fingerprint density at radius 3 is 2.68 bits per heavy atom. The molecule has 1 N–H and O–H groups in total. The van der Waals surface area contributed by atoms with Gasteiger partial charge in [-0.2, -0.15) is 0 Å². The molecule has 0 spiro atoms. The number of anilines is 2. The number of amides is 1. The van der Waals surface area contributed by atoms with E-state index in [2.05, 4.69) is 65.7 Å². The summed E-state index contributed by atoms with van der Waals surface area (Å²) in [7, 11) is 0. The van der Waals surface area contributed by atoms with Gasteiger partial charge in [-0.15, -0.1) is 0 Å². The fraction of sp³-hybridized carbons (Fsp3) is 0.500. The summed E-state index contributed by atoms with van der Waals surface area (Å²) in [5, 5.41) is 3.74. The number of nitrogens with one attached hydrogen (secondary N) is 1. The Kier molecular flexibility index (Phi) is 6.24. The van der Waals surface area contributed by atoms with Crippen LogP contribution in [0.5, 0.6) is 0 Å². The van der Waals surface area contributed by atoms with Crippen molar-refractivity contribution in [3.63, 3.8) is 0 Å². The highest BCUT2D eigenvalue weighted by Gasteiger charge is 2.30. The summed E-state index contributed by atoms with van der Waals surface area (Å²) in [6.07, 6.45) is 2.83. The smallest absolute Gasteiger partial charge is 0.414 e. The number of hydrogen-bond donors (Lipinski definition) is 1. The van der Waals surface area contributed by atoms with E-state index in [4.69, 9.17) is 4.74 Å². The summed E-state index contributed by atoms with van der Waals surface area (Å²) >= 11 is 0. The third kappa shape index (κ3) is 5.40. The van der Waals surface area contributed by atoms with Gasteiger partial charge in [0.1, 0.15) is 5.60 Å². The zero-order valence-corrected chi connectivity index (χ0v) is 19.2. The average molecular weight is 422 g/mol. The first-order valence-corrected chi connectivity index (χ1v) is 11.5. The van der Waals surface area contributed by atoms with Gasteiger partial charge in [-0.25, -0.2) is 4.79 Å². The Morgan fingerprint density at radius 1 is 1.16 bits per heavy atom. The van der Waals surface area contributed by atoms with Gasteiger partial charge in [-0.05, 0) is 76.3 Å². The molecule has 2 heterocycles. The molecule has 0 bridgehead atoms. The monoisotopic (exact) mass is 421 g/mol. The molecule has 2 aliphatic rings. The topological polar surface area (TPSA) is 44.8 Å². The fourth-order valence-corrected chi connectivity index (χ4v) is 4.67. The van der Waals surface area contributed by atoms with Crippen LogP contribution >= 0.6 is 0 Å². The maximum absolute atomic E-state index is 12.6. The second-order valence-electron chi connectivity index (χ2n) is 9.92. The third-order valence-corrected chi connectivity index (χ3v) is 6.12. The molecule has 2 unspecified atom stereocenters. The summed E-state index contributed by atoms with van der Waals surface area (Å²) < 4.78 is 5.61. The standard InChI is InChI=1S/C26H35N3O2/c1-19-15-23(18-28(19)17-20-9-6-5-7-10-20)27-22-12-13-24-21(16-22)11-8-14-29(24)25(30)31-26(2,3)4/h5-7,9-10,12-13,16,19,23,27H,8,11,14-15,17-18H2,1-4H3. The van der Waals surface area contributed by atoms with Crippen LogP contribution in [0.2, 0.25) is 0 Å². The Morgan fingerprint density at radius 2 is 1.94 bits per heavy atom. The van der Waals surface area contributed by atoms with Crippen LogP contribution in [0.1, 0.15) is 51.7 Å². The van der Waals surface area contributed by atoms with Crippen molar-refractivity contribution in [1.82, 2.24) is 4.90 Å². The lowest BCUT2D eigenvalue weighted by Crippen LogP contribution is -2.39. The van der Waals surface area contributed by atoms with E-state index in [1.807, 2.05) is 20.8 Å². The number of nitrogens with zero attached hydrogens (tertiary/aromatic N) is 2. The molecular weight excluding hydrogens is 386 g/mol. The van der Waals surface area contributed by atoms with E-state index in [0.717, 1.165) is 43.7 Å². The number of rotatable bonds is 4. The average Bonchev–Trinajstić information content (AvgIpc) is 3.05. The molecule has 0 radical (unpaired) electrons. The van der Waals surface area contributed by atoms with E-state index >= 15 is 0 Å². The number of carbonyl (C=O) groups is 1. The summed E-state index contributed by atoms with van der Waals surface area (Å²) in [6.45, 7) is 10.8. The largest absolute Gasteiger partial charge is 0.443 e. The van der Waals surface area contributed by atoms with Crippen LogP contribution in [-0.4, -0.2) is 41.8 Å². The molecular formula is C26H35N3O2. The molecule has 1 fully saturated rings. The van der Waals surface area contributed by atoms with Gasteiger partial charge in [-0.1, -0.05) is 30.3 Å². The van der Waals surface area contributed by atoms with E-state index in [0.29, 0.717) is 18.6 Å². The van der Waals surface area contributed by atoms with Crippen molar-refractivity contribution in [2.75, 3.05) is 23.3 Å². The van der Waals surface area contributed by atoms with Gasteiger partial charge in [-0.3, -0.25) is 9.80 Å². The van der Waals surface area contributed by atoms with E-state index in [-0.39, 0.29) is 6.09 Å². The molecule has 4 rings (SSSR count). The number of ether oxygens (including phenoxy) is 1.